The molecule has 0 aliphatic rings. The van der Waals surface area contributed by atoms with Crippen LogP contribution >= 0.6 is 0 Å². The van der Waals surface area contributed by atoms with Crippen molar-refractivity contribution in [3.8, 4) is 66.8 Å². The zero-order valence-electron chi connectivity index (χ0n) is 34.8. The van der Waals surface area contributed by atoms with Crippen LogP contribution in [-0.4, -0.2) is 0 Å². The van der Waals surface area contributed by atoms with Gasteiger partial charge >= 0.3 is 0 Å². The minimum Gasteiger partial charge on any atom is -0.310 e. The van der Waals surface area contributed by atoms with Crippen molar-refractivity contribution < 1.29 is 0 Å². The fraction of sp³-hybridized carbons (Fsp3) is 0. The molecule has 0 aliphatic heterocycles. The van der Waals surface area contributed by atoms with Crippen LogP contribution in [0.4, 0.5) is 17.1 Å². The lowest BCUT2D eigenvalue weighted by Crippen LogP contribution is -2.11. The summed E-state index contributed by atoms with van der Waals surface area (Å²) in [7, 11) is 0. The Bertz CT molecular complexity index is 3270. The number of benzene rings is 11. The highest BCUT2D eigenvalue weighted by Gasteiger charge is 2.24. The molecule has 63 heavy (non-hydrogen) atoms. The number of nitrogens with zero attached hydrogens (tertiary/aromatic N) is 1. The van der Waals surface area contributed by atoms with Crippen LogP contribution in [0, 0.1) is 0 Å². The Hall–Kier alpha value is -8.26. The highest BCUT2D eigenvalue weighted by Crippen LogP contribution is 2.50. The van der Waals surface area contributed by atoms with Gasteiger partial charge in [0.25, 0.3) is 0 Å². The minimum absolute atomic E-state index is 1.08. The van der Waals surface area contributed by atoms with Gasteiger partial charge in [0.2, 0.25) is 0 Å². The first-order valence-corrected chi connectivity index (χ1v) is 21.7. The van der Waals surface area contributed by atoms with Gasteiger partial charge in [-0.25, -0.2) is 0 Å². The number of hydrogen-bond donors (Lipinski definition) is 0. The molecule has 0 radical (unpaired) electrons. The average molecular weight is 802 g/mol. The van der Waals surface area contributed by atoms with Crippen molar-refractivity contribution >= 4 is 38.6 Å². The molecular formula is C62H43N. The van der Waals surface area contributed by atoms with E-state index >= 15 is 0 Å². The molecule has 1 heteroatoms. The van der Waals surface area contributed by atoms with E-state index in [1.807, 2.05) is 0 Å². The van der Waals surface area contributed by atoms with E-state index in [2.05, 4.69) is 266 Å². The summed E-state index contributed by atoms with van der Waals surface area (Å²) < 4.78 is 0. The van der Waals surface area contributed by atoms with E-state index in [1.54, 1.807) is 0 Å². The first-order chi connectivity index (χ1) is 31.3. The topological polar surface area (TPSA) is 3.24 Å². The molecule has 1 nitrogen and oxygen atoms in total. The van der Waals surface area contributed by atoms with Gasteiger partial charge in [-0.2, -0.15) is 0 Å². The monoisotopic (exact) mass is 801 g/mol. The SMILES string of the molecule is c1ccc(-c2ccc(-c3ccc(N(c4cc(-c5ccccc5)cc(-c5ccccc5)c4)c4cccc5c(-c6ccccc6)c(-c6ccccc6)c6ccccc6c45)cc3)cc2)cc1. The van der Waals surface area contributed by atoms with Gasteiger partial charge in [0.1, 0.15) is 0 Å². The molecule has 0 atom stereocenters. The first-order valence-electron chi connectivity index (χ1n) is 21.7. The second-order valence-corrected chi connectivity index (χ2v) is 16.1. The smallest absolute Gasteiger partial charge is 0.0546 e. The van der Waals surface area contributed by atoms with E-state index in [0.717, 1.165) is 28.2 Å². The second kappa shape index (κ2) is 16.7. The van der Waals surface area contributed by atoms with Crippen LogP contribution in [0.25, 0.3) is 88.3 Å². The van der Waals surface area contributed by atoms with Gasteiger partial charge in [0.05, 0.1) is 5.69 Å². The van der Waals surface area contributed by atoms with E-state index in [-0.39, 0.29) is 0 Å². The Morgan fingerprint density at radius 2 is 0.556 bits per heavy atom. The zero-order chi connectivity index (χ0) is 42.0. The third kappa shape index (κ3) is 7.26. The van der Waals surface area contributed by atoms with Crippen molar-refractivity contribution in [1.29, 1.82) is 0 Å². The van der Waals surface area contributed by atoms with Gasteiger partial charge in [0.15, 0.2) is 0 Å². The molecule has 0 spiro atoms. The maximum absolute atomic E-state index is 2.48. The molecule has 0 unspecified atom stereocenters. The van der Waals surface area contributed by atoms with E-state index in [4.69, 9.17) is 0 Å². The van der Waals surface area contributed by atoms with Crippen LogP contribution in [0.2, 0.25) is 0 Å². The summed E-state index contributed by atoms with van der Waals surface area (Å²) in [4.78, 5) is 2.48. The Kier molecular flexibility index (Phi) is 9.97. The van der Waals surface area contributed by atoms with Crippen molar-refractivity contribution in [2.45, 2.75) is 0 Å². The molecule has 0 aromatic heterocycles. The van der Waals surface area contributed by atoms with Gasteiger partial charge in [0, 0.05) is 16.8 Å². The summed E-state index contributed by atoms with van der Waals surface area (Å²) in [5.74, 6) is 0. The summed E-state index contributed by atoms with van der Waals surface area (Å²) in [5.41, 5.74) is 17.6. The molecule has 11 rings (SSSR count). The molecule has 0 aliphatic carbocycles. The Morgan fingerprint density at radius 3 is 1.03 bits per heavy atom. The van der Waals surface area contributed by atoms with Crippen LogP contribution in [0.1, 0.15) is 0 Å². The van der Waals surface area contributed by atoms with Crippen molar-refractivity contribution in [1.82, 2.24) is 0 Å². The molecule has 0 fully saturated rings. The molecule has 0 saturated carbocycles. The van der Waals surface area contributed by atoms with Crippen LogP contribution in [-0.2, 0) is 0 Å². The van der Waals surface area contributed by atoms with E-state index in [1.165, 1.54) is 77.2 Å². The third-order valence-electron chi connectivity index (χ3n) is 12.2. The largest absolute Gasteiger partial charge is 0.310 e. The van der Waals surface area contributed by atoms with Gasteiger partial charge in [-0.1, -0.05) is 224 Å². The maximum Gasteiger partial charge on any atom is 0.0546 e. The highest BCUT2D eigenvalue weighted by atomic mass is 15.1. The van der Waals surface area contributed by atoms with Crippen LogP contribution < -0.4 is 4.90 Å². The van der Waals surface area contributed by atoms with E-state index in [9.17, 15) is 0 Å². The summed E-state index contributed by atoms with van der Waals surface area (Å²) in [5, 5.41) is 4.85. The Labute approximate surface area is 369 Å². The molecule has 0 heterocycles. The number of fused-ring (bicyclic) bond motifs is 3. The summed E-state index contributed by atoms with van der Waals surface area (Å²) in [6.45, 7) is 0. The van der Waals surface area contributed by atoms with Crippen molar-refractivity contribution in [3.63, 3.8) is 0 Å². The number of rotatable bonds is 9. The lowest BCUT2D eigenvalue weighted by molar-refractivity contribution is 1.30. The van der Waals surface area contributed by atoms with Gasteiger partial charge < -0.3 is 4.90 Å². The van der Waals surface area contributed by atoms with Gasteiger partial charge in [-0.05, 0) is 119 Å². The first kappa shape index (κ1) is 37.7. The quantitative estimate of drug-likeness (QED) is 0.131. The average Bonchev–Trinajstić information content (AvgIpc) is 3.37. The number of hydrogen-bond acceptors (Lipinski definition) is 1. The van der Waals surface area contributed by atoms with Crippen LogP contribution in [0.3, 0.4) is 0 Å². The van der Waals surface area contributed by atoms with Gasteiger partial charge in [-0.3, -0.25) is 0 Å². The summed E-state index contributed by atoms with van der Waals surface area (Å²) >= 11 is 0. The van der Waals surface area contributed by atoms with E-state index < -0.39 is 0 Å². The Morgan fingerprint density at radius 1 is 0.206 bits per heavy atom. The molecule has 11 aromatic rings. The predicted octanol–water partition coefficient (Wildman–Crippen LogP) is 17.5. The summed E-state index contributed by atoms with van der Waals surface area (Å²) in [6, 6.07) is 94.7. The van der Waals surface area contributed by atoms with Crippen molar-refractivity contribution in [2.75, 3.05) is 4.90 Å². The number of anilines is 3. The lowest BCUT2D eigenvalue weighted by atomic mass is 9.84. The molecule has 11 aromatic carbocycles. The zero-order valence-corrected chi connectivity index (χ0v) is 34.8. The molecule has 296 valence electrons. The third-order valence-corrected chi connectivity index (χ3v) is 12.2. The molecule has 0 bridgehead atoms. The van der Waals surface area contributed by atoms with Crippen LogP contribution in [0.5, 0.6) is 0 Å². The molecule has 0 amide bonds. The lowest BCUT2D eigenvalue weighted by Gasteiger charge is -2.30. The van der Waals surface area contributed by atoms with E-state index in [0.29, 0.717) is 0 Å². The van der Waals surface area contributed by atoms with Crippen molar-refractivity contribution in [2.24, 2.45) is 0 Å². The van der Waals surface area contributed by atoms with Crippen LogP contribution in [0.15, 0.2) is 261 Å². The standard InChI is InChI=1S/C62H43N/c1-6-19-44(20-7-1)47-33-35-48(36-34-47)49-37-39-54(40-38-49)63(55-42-52(45-21-8-2-9-22-45)41-53(43-55)46-23-10-3-11-24-46)59-32-18-31-58-61(51-27-14-5-15-28-51)60(50-25-12-4-13-26-50)56-29-16-17-30-57(56)62(58)59/h1-43H. The normalized spacial score (nSPS) is 11.2. The molecular weight excluding hydrogens is 759 g/mol. The molecule has 0 N–H and O–H groups in total. The maximum atomic E-state index is 2.48. The minimum atomic E-state index is 1.08. The van der Waals surface area contributed by atoms with Gasteiger partial charge in [-0.15, -0.1) is 0 Å². The Balaban J connectivity index is 1.18. The highest BCUT2D eigenvalue weighted by molar-refractivity contribution is 6.25. The predicted molar refractivity (Wildman–Crippen MR) is 269 cm³/mol. The second-order valence-electron chi connectivity index (χ2n) is 16.1. The molecule has 0 saturated heterocycles. The summed E-state index contributed by atoms with van der Waals surface area (Å²) in [6.07, 6.45) is 0. The van der Waals surface area contributed by atoms with Crippen molar-refractivity contribution in [3.05, 3.63) is 261 Å². The fourth-order valence-corrected chi connectivity index (χ4v) is 9.27. The fourth-order valence-electron chi connectivity index (χ4n) is 9.27.